The zero-order valence-corrected chi connectivity index (χ0v) is 21.8. The lowest BCUT2D eigenvalue weighted by molar-refractivity contribution is -0.149. The van der Waals surface area contributed by atoms with Gasteiger partial charge in [0, 0.05) is 12.3 Å². The van der Waals surface area contributed by atoms with Gasteiger partial charge < -0.3 is 19.1 Å². The molecule has 0 saturated carbocycles. The molecule has 6 atom stereocenters. The Morgan fingerprint density at radius 2 is 1.94 bits per heavy atom. The largest absolute Gasteiger partial charge is 0.462 e. The minimum absolute atomic E-state index is 0.200. The Hall–Kier alpha value is -2.47. The number of aromatic amines is 1. The number of ether oxygens (including phenoxy) is 2. The normalized spacial score (nSPS) is 26.4. The molecular formula is C22H29ClN3O9P. The second-order valence-corrected chi connectivity index (χ2v) is 11.2. The van der Waals surface area contributed by atoms with E-state index in [0.717, 1.165) is 10.6 Å². The maximum atomic E-state index is 13.6. The summed E-state index contributed by atoms with van der Waals surface area (Å²) in [5.41, 5.74) is -1.40. The van der Waals surface area contributed by atoms with E-state index in [1.54, 1.807) is 44.2 Å². The minimum Gasteiger partial charge on any atom is -0.462 e. The highest BCUT2D eigenvalue weighted by molar-refractivity contribution is 7.52. The molecule has 2 unspecified atom stereocenters. The molecular weight excluding hydrogens is 517 g/mol. The van der Waals surface area contributed by atoms with E-state index in [1.807, 2.05) is 0 Å². The maximum absolute atomic E-state index is 13.6. The molecule has 1 aromatic heterocycles. The van der Waals surface area contributed by atoms with Crippen LogP contribution in [0.25, 0.3) is 0 Å². The number of nitrogens with zero attached hydrogens (tertiary/aromatic N) is 1. The first kappa shape index (κ1) is 28.1. The number of benzene rings is 1. The zero-order valence-electron chi connectivity index (χ0n) is 20.1. The minimum atomic E-state index is -4.22. The number of hydrogen-bond donors (Lipinski definition) is 3. The molecule has 0 radical (unpaired) electrons. The van der Waals surface area contributed by atoms with Crippen molar-refractivity contribution in [2.24, 2.45) is 0 Å². The molecule has 2 heterocycles. The van der Waals surface area contributed by atoms with Crippen molar-refractivity contribution in [3.05, 3.63) is 63.4 Å². The summed E-state index contributed by atoms with van der Waals surface area (Å²) >= 11 is 6.52. The molecule has 1 aromatic carbocycles. The van der Waals surface area contributed by atoms with Crippen molar-refractivity contribution < 1.29 is 33.0 Å². The van der Waals surface area contributed by atoms with Crippen LogP contribution in [0.2, 0.25) is 0 Å². The van der Waals surface area contributed by atoms with Crippen molar-refractivity contribution in [1.82, 2.24) is 14.6 Å². The Morgan fingerprint density at radius 1 is 1.28 bits per heavy atom. The van der Waals surface area contributed by atoms with Gasteiger partial charge in [0.05, 0.1) is 12.7 Å². The quantitative estimate of drug-likeness (QED) is 0.229. The molecule has 1 saturated heterocycles. The topological polar surface area (TPSA) is 158 Å². The number of H-pyrrole nitrogens is 1. The lowest BCUT2D eigenvalue weighted by atomic mass is 10.0. The Bertz CT molecular complexity index is 1220. The fraction of sp³-hybridized carbons (Fsp3) is 0.500. The van der Waals surface area contributed by atoms with Crippen LogP contribution in [0, 0.1) is 0 Å². The lowest BCUT2D eigenvalue weighted by Gasteiger charge is -2.26. The number of halogens is 1. The first-order chi connectivity index (χ1) is 16.8. The molecule has 0 spiro atoms. The molecule has 1 aliphatic heterocycles. The van der Waals surface area contributed by atoms with Crippen molar-refractivity contribution >= 4 is 25.3 Å². The van der Waals surface area contributed by atoms with Gasteiger partial charge in [0.25, 0.3) is 5.56 Å². The van der Waals surface area contributed by atoms with Gasteiger partial charge in [-0.25, -0.2) is 9.36 Å². The summed E-state index contributed by atoms with van der Waals surface area (Å²) in [7, 11) is -4.22. The van der Waals surface area contributed by atoms with E-state index in [4.69, 9.17) is 30.1 Å². The van der Waals surface area contributed by atoms with Crippen LogP contribution < -0.4 is 20.9 Å². The summed E-state index contributed by atoms with van der Waals surface area (Å²) < 4.78 is 36.7. The van der Waals surface area contributed by atoms with E-state index in [1.165, 1.54) is 20.0 Å². The van der Waals surface area contributed by atoms with E-state index in [9.17, 15) is 24.1 Å². The number of nitrogens with one attached hydrogen (secondary N) is 2. The van der Waals surface area contributed by atoms with Crippen LogP contribution in [0.3, 0.4) is 0 Å². The number of carbonyl (C=O) groups is 1. The summed E-state index contributed by atoms with van der Waals surface area (Å²) in [4.78, 5) is 36.5. The number of aromatic nitrogens is 2. The van der Waals surface area contributed by atoms with Gasteiger partial charge in [-0.2, -0.15) is 5.09 Å². The van der Waals surface area contributed by atoms with Gasteiger partial charge in [0.15, 0.2) is 6.23 Å². The molecule has 1 fully saturated rings. The van der Waals surface area contributed by atoms with Crippen molar-refractivity contribution in [2.75, 3.05) is 6.61 Å². The van der Waals surface area contributed by atoms with Gasteiger partial charge in [0.2, 0.25) is 0 Å². The highest BCUT2D eigenvalue weighted by atomic mass is 35.5. The first-order valence-corrected chi connectivity index (χ1v) is 13.1. The second-order valence-electron chi connectivity index (χ2n) is 8.67. The van der Waals surface area contributed by atoms with E-state index < -0.39 is 67.0 Å². The van der Waals surface area contributed by atoms with Gasteiger partial charge in [0.1, 0.15) is 28.9 Å². The Balaban J connectivity index is 1.80. The van der Waals surface area contributed by atoms with Crippen molar-refractivity contribution in [3.63, 3.8) is 0 Å². The van der Waals surface area contributed by atoms with Crippen LogP contribution in [0.1, 0.15) is 33.9 Å². The van der Waals surface area contributed by atoms with Gasteiger partial charge in [-0.05, 0) is 39.8 Å². The van der Waals surface area contributed by atoms with Gasteiger partial charge in [-0.1, -0.05) is 18.2 Å². The number of alkyl halides is 1. The average molecular weight is 546 g/mol. The number of para-hydroxylation sites is 1. The average Bonchev–Trinajstić information content (AvgIpc) is 3.01. The predicted molar refractivity (Wildman–Crippen MR) is 130 cm³/mol. The molecule has 12 nitrogen and oxygen atoms in total. The number of carbonyl (C=O) groups excluding carboxylic acids is 1. The standard InChI is InChI=1S/C22H29ClN3O9P/c1-13(2)33-19(29)14(3)25-36(31,35-15-8-6-5-7-9-15)32-12-16-18(28)22(4,23)20(34-16)26-11-10-17(27)24-21(26)30/h5-11,13-14,16,18,20,28H,12H2,1-4H3,(H,25,31)(H,24,27,30)/t14-,16+,18+,20+,22?,36?/m0/s1. The van der Waals surface area contributed by atoms with Crippen molar-refractivity contribution in [2.45, 2.75) is 63.2 Å². The monoisotopic (exact) mass is 545 g/mol. The Kier molecular flexibility index (Phi) is 8.81. The lowest BCUT2D eigenvalue weighted by Crippen LogP contribution is -2.43. The first-order valence-electron chi connectivity index (χ1n) is 11.1. The highest BCUT2D eigenvalue weighted by Gasteiger charge is 2.54. The van der Waals surface area contributed by atoms with E-state index >= 15 is 0 Å². The molecule has 36 heavy (non-hydrogen) atoms. The molecule has 2 aromatic rings. The van der Waals surface area contributed by atoms with Crippen molar-refractivity contribution in [1.29, 1.82) is 0 Å². The van der Waals surface area contributed by atoms with Crippen LogP contribution in [0.4, 0.5) is 0 Å². The maximum Gasteiger partial charge on any atom is 0.459 e. The van der Waals surface area contributed by atoms with Crippen molar-refractivity contribution in [3.8, 4) is 5.75 Å². The number of rotatable bonds is 10. The zero-order chi connectivity index (χ0) is 26.7. The number of esters is 1. The number of aliphatic hydroxyl groups excluding tert-OH is 1. The molecule has 0 bridgehead atoms. The third-order valence-corrected chi connectivity index (χ3v) is 7.31. The van der Waals surface area contributed by atoms with E-state index in [-0.39, 0.29) is 5.75 Å². The number of aliphatic hydroxyl groups is 1. The third-order valence-electron chi connectivity index (χ3n) is 5.26. The fourth-order valence-electron chi connectivity index (χ4n) is 3.47. The summed E-state index contributed by atoms with van der Waals surface area (Å²) in [5, 5.41) is 13.3. The van der Waals surface area contributed by atoms with Gasteiger partial charge in [-0.3, -0.25) is 23.7 Å². The van der Waals surface area contributed by atoms with Gasteiger partial charge in [-0.15, -0.1) is 11.6 Å². The molecule has 0 aliphatic carbocycles. The third kappa shape index (κ3) is 6.64. The molecule has 3 N–H and O–H groups in total. The fourth-order valence-corrected chi connectivity index (χ4v) is 5.27. The van der Waals surface area contributed by atoms with Gasteiger partial charge >= 0.3 is 19.4 Å². The molecule has 14 heteroatoms. The number of hydrogen-bond acceptors (Lipinski definition) is 9. The van der Waals surface area contributed by atoms with Crippen LogP contribution in [0.15, 0.2) is 52.2 Å². The SMILES string of the molecule is CC(C)OC(=O)[C@H](C)NP(=O)(OC[C@H]1O[C@@H](n2ccc(=O)[nH]c2=O)C(C)(Cl)[C@@H]1O)Oc1ccccc1. The smallest absolute Gasteiger partial charge is 0.459 e. The Labute approximate surface area is 212 Å². The molecule has 0 amide bonds. The summed E-state index contributed by atoms with van der Waals surface area (Å²) in [6.45, 7) is 5.75. The van der Waals surface area contributed by atoms with Crippen LogP contribution in [-0.2, 0) is 23.4 Å². The molecule has 198 valence electrons. The van der Waals surface area contributed by atoms with E-state index in [2.05, 4.69) is 10.1 Å². The molecule has 3 rings (SSSR count). The van der Waals surface area contributed by atoms with E-state index in [0.29, 0.717) is 0 Å². The highest BCUT2D eigenvalue weighted by Crippen LogP contribution is 2.48. The summed E-state index contributed by atoms with van der Waals surface area (Å²) in [6, 6.07) is 8.18. The summed E-state index contributed by atoms with van der Waals surface area (Å²) in [5.74, 6) is -0.473. The predicted octanol–water partition coefficient (Wildman–Crippen LogP) is 1.93. The van der Waals surface area contributed by atoms with Crippen LogP contribution in [-0.4, -0.2) is 56.5 Å². The van der Waals surface area contributed by atoms with Crippen LogP contribution in [0.5, 0.6) is 5.75 Å². The second kappa shape index (κ2) is 11.3. The molecule has 1 aliphatic rings. The van der Waals surface area contributed by atoms with Crippen LogP contribution >= 0.6 is 19.3 Å². The summed E-state index contributed by atoms with van der Waals surface area (Å²) in [6.07, 6.45) is -2.92. The Morgan fingerprint density at radius 3 is 2.56 bits per heavy atom.